The molecule has 2 aromatic heterocycles. The van der Waals surface area contributed by atoms with E-state index in [9.17, 15) is 14.3 Å². The maximum absolute atomic E-state index is 12.9. The smallest absolute Gasteiger partial charge is 0.356 e. The summed E-state index contributed by atoms with van der Waals surface area (Å²) in [6.07, 6.45) is 2.19. The van der Waals surface area contributed by atoms with Crippen LogP contribution >= 0.6 is 15.9 Å². The third-order valence-electron chi connectivity index (χ3n) is 3.15. The quantitative estimate of drug-likeness (QED) is 0.787. The van der Waals surface area contributed by atoms with Crippen molar-refractivity contribution in [1.82, 2.24) is 9.38 Å². The lowest BCUT2D eigenvalue weighted by Crippen LogP contribution is -1.98. The van der Waals surface area contributed by atoms with Crippen LogP contribution < -0.4 is 0 Å². The maximum Gasteiger partial charge on any atom is 0.356 e. The standard InChI is InChI=1S/C15H10BrFN2O2/c16-10-3-6-12-14(15(20)21)18-13(19(12)8-10)7-9-1-4-11(17)5-2-9/h1-6,8H,7H2,(H,20,21). The number of aromatic carboxylic acids is 1. The van der Waals surface area contributed by atoms with E-state index in [1.165, 1.54) is 12.1 Å². The Bertz CT molecular complexity index is 828. The number of halogens is 2. The van der Waals surface area contributed by atoms with Crippen LogP contribution in [0.1, 0.15) is 21.9 Å². The van der Waals surface area contributed by atoms with Gasteiger partial charge in [0.15, 0.2) is 5.69 Å². The highest BCUT2D eigenvalue weighted by atomic mass is 79.9. The average molecular weight is 349 g/mol. The first-order chi connectivity index (χ1) is 10.0. The lowest BCUT2D eigenvalue weighted by atomic mass is 10.1. The zero-order valence-corrected chi connectivity index (χ0v) is 12.3. The molecule has 0 radical (unpaired) electrons. The summed E-state index contributed by atoms with van der Waals surface area (Å²) in [5.74, 6) is -0.781. The third kappa shape index (κ3) is 2.67. The van der Waals surface area contributed by atoms with Gasteiger partial charge in [-0.3, -0.25) is 0 Å². The number of carbonyl (C=O) groups is 1. The van der Waals surface area contributed by atoms with Crippen LogP contribution in [0.2, 0.25) is 0 Å². The fourth-order valence-electron chi connectivity index (χ4n) is 2.19. The number of imidazole rings is 1. The molecule has 2 heterocycles. The number of carboxylic acid groups (broad SMARTS) is 1. The number of hydrogen-bond donors (Lipinski definition) is 1. The van der Waals surface area contributed by atoms with Crippen molar-refractivity contribution in [2.45, 2.75) is 6.42 Å². The summed E-state index contributed by atoms with van der Waals surface area (Å²) in [5, 5.41) is 9.23. The van der Waals surface area contributed by atoms with E-state index in [0.717, 1.165) is 10.0 Å². The minimum absolute atomic E-state index is 0.0135. The molecule has 0 aliphatic carbocycles. The summed E-state index contributed by atoms with van der Waals surface area (Å²) in [5.41, 5.74) is 1.41. The van der Waals surface area contributed by atoms with Crippen LogP contribution in [-0.4, -0.2) is 20.5 Å². The van der Waals surface area contributed by atoms with Gasteiger partial charge in [-0.05, 0) is 45.8 Å². The van der Waals surface area contributed by atoms with Crippen LogP contribution in [0.3, 0.4) is 0 Å². The maximum atomic E-state index is 12.9. The highest BCUT2D eigenvalue weighted by molar-refractivity contribution is 9.10. The molecule has 0 aliphatic heterocycles. The van der Waals surface area contributed by atoms with Crippen molar-refractivity contribution in [3.8, 4) is 0 Å². The van der Waals surface area contributed by atoms with Gasteiger partial charge in [0.05, 0.1) is 5.52 Å². The predicted molar refractivity (Wildman–Crippen MR) is 79.1 cm³/mol. The van der Waals surface area contributed by atoms with Gasteiger partial charge in [-0.15, -0.1) is 0 Å². The molecule has 1 N–H and O–H groups in total. The summed E-state index contributed by atoms with van der Waals surface area (Å²) in [6.45, 7) is 0. The van der Waals surface area contributed by atoms with Crippen molar-refractivity contribution >= 4 is 27.4 Å². The molecule has 3 rings (SSSR count). The van der Waals surface area contributed by atoms with E-state index >= 15 is 0 Å². The molecule has 21 heavy (non-hydrogen) atoms. The van der Waals surface area contributed by atoms with E-state index in [1.807, 2.05) is 0 Å². The number of carboxylic acids is 1. The number of rotatable bonds is 3. The molecule has 0 saturated carbocycles. The zero-order valence-electron chi connectivity index (χ0n) is 10.8. The van der Waals surface area contributed by atoms with Gasteiger partial charge in [-0.1, -0.05) is 12.1 Å². The summed E-state index contributed by atoms with van der Waals surface area (Å²) >= 11 is 3.36. The Morgan fingerprint density at radius 2 is 1.95 bits per heavy atom. The van der Waals surface area contributed by atoms with Gasteiger partial charge in [0, 0.05) is 17.1 Å². The van der Waals surface area contributed by atoms with Gasteiger partial charge in [0.2, 0.25) is 0 Å². The van der Waals surface area contributed by atoms with Crippen LogP contribution in [0, 0.1) is 5.82 Å². The molecule has 3 aromatic rings. The molecule has 0 spiro atoms. The number of benzene rings is 1. The van der Waals surface area contributed by atoms with Crippen LogP contribution in [-0.2, 0) is 6.42 Å². The first-order valence-corrected chi connectivity index (χ1v) is 6.98. The van der Waals surface area contributed by atoms with Gasteiger partial charge in [-0.2, -0.15) is 0 Å². The van der Waals surface area contributed by atoms with Crippen molar-refractivity contribution in [3.63, 3.8) is 0 Å². The van der Waals surface area contributed by atoms with Gasteiger partial charge in [-0.25, -0.2) is 14.2 Å². The molecule has 0 amide bonds. The largest absolute Gasteiger partial charge is 0.476 e. The lowest BCUT2D eigenvalue weighted by molar-refractivity contribution is 0.0693. The second-order valence-electron chi connectivity index (χ2n) is 4.59. The van der Waals surface area contributed by atoms with E-state index in [-0.39, 0.29) is 11.5 Å². The first kappa shape index (κ1) is 13.8. The van der Waals surface area contributed by atoms with E-state index in [4.69, 9.17) is 0 Å². The van der Waals surface area contributed by atoms with Crippen molar-refractivity contribution in [2.75, 3.05) is 0 Å². The van der Waals surface area contributed by atoms with Gasteiger partial charge in [0.25, 0.3) is 0 Å². The Kier molecular flexibility index (Phi) is 3.47. The molecule has 6 heteroatoms. The Morgan fingerprint density at radius 3 is 2.62 bits per heavy atom. The Balaban J connectivity index is 2.11. The van der Waals surface area contributed by atoms with Crippen LogP contribution in [0.5, 0.6) is 0 Å². The Morgan fingerprint density at radius 1 is 1.24 bits per heavy atom. The lowest BCUT2D eigenvalue weighted by Gasteiger charge is -2.02. The highest BCUT2D eigenvalue weighted by Crippen LogP contribution is 2.20. The van der Waals surface area contributed by atoms with E-state index < -0.39 is 5.97 Å². The van der Waals surface area contributed by atoms with Gasteiger partial charge in [0.1, 0.15) is 11.6 Å². The number of aromatic nitrogens is 2. The second kappa shape index (κ2) is 5.29. The van der Waals surface area contributed by atoms with E-state index in [2.05, 4.69) is 20.9 Å². The number of nitrogens with zero attached hydrogens (tertiary/aromatic N) is 2. The fraction of sp³-hybridized carbons (Fsp3) is 0.0667. The summed E-state index contributed by atoms with van der Waals surface area (Å²) in [4.78, 5) is 15.5. The van der Waals surface area contributed by atoms with Crippen molar-refractivity contribution < 1.29 is 14.3 Å². The van der Waals surface area contributed by atoms with Gasteiger partial charge >= 0.3 is 5.97 Å². The molecule has 0 saturated heterocycles. The number of hydrogen-bond acceptors (Lipinski definition) is 2. The molecular formula is C15H10BrFN2O2. The van der Waals surface area contributed by atoms with Gasteiger partial charge < -0.3 is 9.51 Å². The minimum atomic E-state index is -1.07. The SMILES string of the molecule is O=C(O)c1nc(Cc2ccc(F)cc2)n2cc(Br)ccc12. The minimum Gasteiger partial charge on any atom is -0.476 e. The molecule has 0 atom stereocenters. The van der Waals surface area contributed by atoms with Crippen LogP contribution in [0.15, 0.2) is 47.1 Å². The molecule has 1 aromatic carbocycles. The summed E-state index contributed by atoms with van der Waals surface area (Å²) in [6, 6.07) is 9.54. The average Bonchev–Trinajstić information content (AvgIpc) is 2.80. The van der Waals surface area contributed by atoms with Crippen molar-refractivity contribution in [2.24, 2.45) is 0 Å². The molecule has 0 unspecified atom stereocenters. The number of fused-ring (bicyclic) bond motifs is 1. The predicted octanol–water partition coefficient (Wildman–Crippen LogP) is 3.52. The van der Waals surface area contributed by atoms with Crippen LogP contribution in [0.25, 0.3) is 5.52 Å². The summed E-state index contributed by atoms with van der Waals surface area (Å²) in [7, 11) is 0. The highest BCUT2D eigenvalue weighted by Gasteiger charge is 2.16. The molecular weight excluding hydrogens is 339 g/mol. The number of pyridine rings is 1. The van der Waals surface area contributed by atoms with Crippen molar-refractivity contribution in [1.29, 1.82) is 0 Å². The fourth-order valence-corrected chi connectivity index (χ4v) is 2.53. The first-order valence-electron chi connectivity index (χ1n) is 6.19. The third-order valence-corrected chi connectivity index (χ3v) is 3.62. The van der Waals surface area contributed by atoms with E-state index in [0.29, 0.717) is 17.8 Å². The molecule has 4 nitrogen and oxygen atoms in total. The van der Waals surface area contributed by atoms with Crippen molar-refractivity contribution in [3.05, 3.63) is 70.0 Å². The second-order valence-corrected chi connectivity index (χ2v) is 5.50. The summed E-state index contributed by atoms with van der Waals surface area (Å²) < 4.78 is 15.5. The normalized spacial score (nSPS) is 11.0. The Labute approximate surface area is 128 Å². The molecule has 0 fully saturated rings. The monoisotopic (exact) mass is 348 g/mol. The van der Waals surface area contributed by atoms with Crippen LogP contribution in [0.4, 0.5) is 4.39 Å². The van der Waals surface area contributed by atoms with E-state index in [1.54, 1.807) is 34.9 Å². The topological polar surface area (TPSA) is 54.6 Å². The molecule has 0 bridgehead atoms. The molecule has 106 valence electrons. The Hall–Kier alpha value is -2.21. The molecule has 0 aliphatic rings. The zero-order chi connectivity index (χ0) is 15.0.